The van der Waals surface area contributed by atoms with Crippen LogP contribution in [0.25, 0.3) is 11.0 Å². The molecule has 0 fully saturated rings. The molecule has 1 atom stereocenters. The topological polar surface area (TPSA) is 40.7 Å². The van der Waals surface area contributed by atoms with E-state index in [0.29, 0.717) is 12.0 Å². The number of aromatic amines is 1. The average Bonchev–Trinajstić information content (AvgIpc) is 2.70. The number of halogens is 1. The minimum Gasteiger partial charge on any atom is -0.353 e. The molecule has 0 aliphatic carbocycles. The first kappa shape index (κ1) is 13.2. The van der Waals surface area contributed by atoms with Gasteiger partial charge in [0.1, 0.15) is 5.82 Å². The van der Waals surface area contributed by atoms with Crippen molar-refractivity contribution in [1.82, 2.24) is 9.97 Å². The van der Waals surface area contributed by atoms with Crippen molar-refractivity contribution in [3.8, 4) is 0 Å². The molecule has 1 aromatic carbocycles. The summed E-state index contributed by atoms with van der Waals surface area (Å²) in [4.78, 5) is 7.47. The van der Waals surface area contributed by atoms with Gasteiger partial charge in [0.25, 0.3) is 0 Å². The van der Waals surface area contributed by atoms with Gasteiger partial charge in [-0.2, -0.15) is 11.8 Å². The highest BCUT2D eigenvalue weighted by molar-refractivity contribution is 7.99. The average molecular weight is 267 g/mol. The maximum Gasteiger partial charge on any atom is 0.201 e. The molecule has 0 aliphatic rings. The Bertz CT molecular complexity index is 512. The van der Waals surface area contributed by atoms with Crippen LogP contribution in [-0.4, -0.2) is 27.5 Å². The van der Waals surface area contributed by atoms with Crippen molar-refractivity contribution >= 4 is 28.7 Å². The molecule has 3 nitrogen and oxygen atoms in total. The van der Waals surface area contributed by atoms with Crippen molar-refractivity contribution < 1.29 is 4.39 Å². The first-order valence-electron chi connectivity index (χ1n) is 6.18. The molecule has 0 radical (unpaired) electrons. The van der Waals surface area contributed by atoms with Crippen LogP contribution < -0.4 is 5.32 Å². The van der Waals surface area contributed by atoms with Crippen molar-refractivity contribution in [2.45, 2.75) is 26.3 Å². The lowest BCUT2D eigenvalue weighted by Gasteiger charge is -2.11. The largest absolute Gasteiger partial charge is 0.353 e. The van der Waals surface area contributed by atoms with E-state index in [1.165, 1.54) is 12.1 Å². The summed E-state index contributed by atoms with van der Waals surface area (Å²) in [5.41, 5.74) is 1.52. The Hall–Kier alpha value is -1.23. The molecule has 2 aromatic rings. The normalized spacial score (nSPS) is 12.8. The summed E-state index contributed by atoms with van der Waals surface area (Å²) in [7, 11) is 0. The van der Waals surface area contributed by atoms with Crippen LogP contribution in [0.15, 0.2) is 18.2 Å². The lowest BCUT2D eigenvalue weighted by Crippen LogP contribution is -2.16. The van der Waals surface area contributed by atoms with Gasteiger partial charge in [-0.1, -0.05) is 6.92 Å². The number of benzene rings is 1. The van der Waals surface area contributed by atoms with Crippen molar-refractivity contribution in [1.29, 1.82) is 0 Å². The van der Waals surface area contributed by atoms with Crippen molar-refractivity contribution in [3.05, 3.63) is 24.0 Å². The molecule has 2 N–H and O–H groups in total. The number of hydrogen-bond acceptors (Lipinski definition) is 3. The summed E-state index contributed by atoms with van der Waals surface area (Å²) >= 11 is 1.93. The molecular formula is C13H18FN3S. The number of rotatable bonds is 6. The van der Waals surface area contributed by atoms with Crippen LogP contribution in [0.5, 0.6) is 0 Å². The van der Waals surface area contributed by atoms with Crippen LogP contribution in [0, 0.1) is 5.82 Å². The van der Waals surface area contributed by atoms with E-state index in [2.05, 4.69) is 29.1 Å². The number of imidazole rings is 1. The maximum absolute atomic E-state index is 13.0. The third kappa shape index (κ3) is 3.38. The number of thioether (sulfide) groups is 1. The monoisotopic (exact) mass is 267 g/mol. The zero-order chi connectivity index (χ0) is 13.0. The van der Waals surface area contributed by atoms with Gasteiger partial charge >= 0.3 is 0 Å². The highest BCUT2D eigenvalue weighted by atomic mass is 32.2. The molecule has 0 saturated heterocycles. The first-order valence-corrected chi connectivity index (χ1v) is 7.34. The highest BCUT2D eigenvalue weighted by Crippen LogP contribution is 2.16. The van der Waals surface area contributed by atoms with E-state index in [1.54, 1.807) is 6.07 Å². The number of fused-ring (bicyclic) bond motifs is 1. The molecule has 2 rings (SSSR count). The van der Waals surface area contributed by atoms with Gasteiger partial charge in [0.15, 0.2) is 0 Å². The molecule has 1 aromatic heterocycles. The number of hydrogen-bond donors (Lipinski definition) is 2. The molecule has 0 bridgehead atoms. The lowest BCUT2D eigenvalue weighted by atomic mass is 10.3. The number of anilines is 1. The second-order valence-electron chi connectivity index (χ2n) is 4.28. The Morgan fingerprint density at radius 1 is 1.50 bits per heavy atom. The van der Waals surface area contributed by atoms with E-state index < -0.39 is 0 Å². The fourth-order valence-electron chi connectivity index (χ4n) is 1.76. The van der Waals surface area contributed by atoms with Crippen molar-refractivity contribution in [2.24, 2.45) is 0 Å². The van der Waals surface area contributed by atoms with Gasteiger partial charge in [0.2, 0.25) is 5.95 Å². The Balaban J connectivity index is 1.98. The van der Waals surface area contributed by atoms with Gasteiger partial charge in [0, 0.05) is 6.04 Å². The number of nitrogens with one attached hydrogen (secondary N) is 2. The van der Waals surface area contributed by atoms with Gasteiger partial charge in [-0.15, -0.1) is 0 Å². The molecule has 1 unspecified atom stereocenters. The molecule has 0 aliphatic heterocycles. The Morgan fingerprint density at radius 2 is 2.33 bits per heavy atom. The standard InChI is InChI=1S/C13H18FN3S/c1-3-18-7-6-9(2)15-13-16-11-5-4-10(14)8-12(11)17-13/h4-5,8-9H,3,6-7H2,1-2H3,(H2,15,16,17). The Kier molecular flexibility index (Phi) is 4.47. The summed E-state index contributed by atoms with van der Waals surface area (Å²) in [6.07, 6.45) is 1.09. The van der Waals surface area contributed by atoms with Gasteiger partial charge in [-0.3, -0.25) is 0 Å². The van der Waals surface area contributed by atoms with E-state index in [9.17, 15) is 4.39 Å². The molecule has 0 saturated carbocycles. The van der Waals surface area contributed by atoms with Crippen LogP contribution >= 0.6 is 11.8 Å². The van der Waals surface area contributed by atoms with E-state index in [0.717, 1.165) is 29.0 Å². The van der Waals surface area contributed by atoms with Crippen LogP contribution in [0.2, 0.25) is 0 Å². The van der Waals surface area contributed by atoms with E-state index in [1.807, 2.05) is 11.8 Å². The van der Waals surface area contributed by atoms with Crippen LogP contribution in [0.3, 0.4) is 0 Å². The lowest BCUT2D eigenvalue weighted by molar-refractivity contribution is 0.629. The Morgan fingerprint density at radius 3 is 3.11 bits per heavy atom. The van der Waals surface area contributed by atoms with Crippen molar-refractivity contribution in [3.63, 3.8) is 0 Å². The summed E-state index contributed by atoms with van der Waals surface area (Å²) in [6, 6.07) is 4.93. The predicted octanol–water partition coefficient (Wildman–Crippen LogP) is 3.65. The fraction of sp³-hybridized carbons (Fsp3) is 0.462. The van der Waals surface area contributed by atoms with E-state index in [4.69, 9.17) is 0 Å². The number of aromatic nitrogens is 2. The minimum atomic E-state index is -0.245. The second kappa shape index (κ2) is 6.09. The first-order chi connectivity index (χ1) is 8.69. The van der Waals surface area contributed by atoms with Crippen LogP contribution in [0.1, 0.15) is 20.3 Å². The molecule has 18 heavy (non-hydrogen) atoms. The number of nitrogens with zero attached hydrogens (tertiary/aromatic N) is 1. The zero-order valence-corrected chi connectivity index (χ0v) is 11.5. The fourth-order valence-corrected chi connectivity index (χ4v) is 2.57. The number of H-pyrrole nitrogens is 1. The minimum absolute atomic E-state index is 0.245. The summed E-state index contributed by atoms with van der Waals surface area (Å²) < 4.78 is 13.0. The SMILES string of the molecule is CCSCCC(C)Nc1nc2ccc(F)cc2[nH]1. The smallest absolute Gasteiger partial charge is 0.201 e. The van der Waals surface area contributed by atoms with Gasteiger partial charge in [-0.25, -0.2) is 9.37 Å². The van der Waals surface area contributed by atoms with Crippen molar-refractivity contribution in [2.75, 3.05) is 16.8 Å². The summed E-state index contributed by atoms with van der Waals surface area (Å²) in [5.74, 6) is 2.76. The molecule has 98 valence electrons. The summed E-state index contributed by atoms with van der Waals surface area (Å²) in [5, 5.41) is 3.31. The summed E-state index contributed by atoms with van der Waals surface area (Å²) in [6.45, 7) is 4.29. The van der Waals surface area contributed by atoms with Gasteiger partial charge < -0.3 is 10.3 Å². The molecule has 0 amide bonds. The van der Waals surface area contributed by atoms with Crippen LogP contribution in [-0.2, 0) is 0 Å². The quantitative estimate of drug-likeness (QED) is 0.785. The molecule has 5 heteroatoms. The Labute approximate surface area is 111 Å². The second-order valence-corrected chi connectivity index (χ2v) is 5.67. The van der Waals surface area contributed by atoms with E-state index in [-0.39, 0.29) is 5.82 Å². The van der Waals surface area contributed by atoms with E-state index >= 15 is 0 Å². The van der Waals surface area contributed by atoms with Crippen LogP contribution in [0.4, 0.5) is 10.3 Å². The highest BCUT2D eigenvalue weighted by Gasteiger charge is 2.07. The predicted molar refractivity (Wildman–Crippen MR) is 76.8 cm³/mol. The molecule has 1 heterocycles. The van der Waals surface area contributed by atoms with Gasteiger partial charge in [0.05, 0.1) is 11.0 Å². The molecular weight excluding hydrogens is 249 g/mol. The zero-order valence-electron chi connectivity index (χ0n) is 10.7. The molecule has 0 spiro atoms. The third-order valence-corrected chi connectivity index (χ3v) is 3.66. The maximum atomic E-state index is 13.0. The van der Waals surface area contributed by atoms with Gasteiger partial charge in [-0.05, 0) is 43.0 Å². The third-order valence-electron chi connectivity index (χ3n) is 2.73.